The number of nitrogens with one attached hydrogen (secondary N) is 1. The van der Waals surface area contributed by atoms with Gasteiger partial charge in [-0.25, -0.2) is 0 Å². The second-order valence-electron chi connectivity index (χ2n) is 5.69. The minimum Gasteiger partial charge on any atom is -0.491 e. The van der Waals surface area contributed by atoms with Gasteiger partial charge < -0.3 is 10.1 Å². The van der Waals surface area contributed by atoms with Crippen LogP contribution in [0.25, 0.3) is 0 Å². The maximum absolute atomic E-state index is 5.74. The first kappa shape index (κ1) is 14.3. The molecule has 0 aliphatic carbocycles. The third kappa shape index (κ3) is 3.18. The number of rotatable bonds is 4. The van der Waals surface area contributed by atoms with Gasteiger partial charge in [-0.15, -0.1) is 11.8 Å². The van der Waals surface area contributed by atoms with Crippen molar-refractivity contribution < 1.29 is 4.74 Å². The van der Waals surface area contributed by atoms with Crippen molar-refractivity contribution in [1.29, 1.82) is 0 Å². The van der Waals surface area contributed by atoms with Crippen molar-refractivity contribution in [1.82, 2.24) is 0 Å². The smallest absolute Gasteiger partial charge is 0.120 e. The molecule has 0 saturated carbocycles. The van der Waals surface area contributed by atoms with Crippen molar-refractivity contribution in [3.8, 4) is 5.75 Å². The van der Waals surface area contributed by atoms with Gasteiger partial charge in [0.05, 0.1) is 12.1 Å². The Morgan fingerprint density at radius 3 is 2.76 bits per heavy atom. The van der Waals surface area contributed by atoms with Crippen LogP contribution in [0.4, 0.5) is 5.69 Å². The number of ether oxygens (including phenoxy) is 1. The summed E-state index contributed by atoms with van der Waals surface area (Å²) >= 11 is 1.93. The predicted molar refractivity (Wildman–Crippen MR) is 90.5 cm³/mol. The lowest BCUT2D eigenvalue weighted by molar-refractivity contribution is 0.242. The van der Waals surface area contributed by atoms with Gasteiger partial charge in [-0.05, 0) is 56.2 Å². The quantitative estimate of drug-likeness (QED) is 0.854. The van der Waals surface area contributed by atoms with Crippen LogP contribution in [0.5, 0.6) is 5.75 Å². The molecule has 0 amide bonds. The maximum atomic E-state index is 5.74. The number of fused-ring (bicyclic) bond motifs is 1. The number of thioether (sulfide) groups is 1. The number of anilines is 1. The highest BCUT2D eigenvalue weighted by atomic mass is 32.2. The lowest BCUT2D eigenvalue weighted by Gasteiger charge is -2.18. The summed E-state index contributed by atoms with van der Waals surface area (Å²) in [6, 6.07) is 15.3. The second kappa shape index (κ2) is 6.02. The normalized spacial score (nSPS) is 16.9. The van der Waals surface area contributed by atoms with Gasteiger partial charge in [0.2, 0.25) is 0 Å². The Morgan fingerprint density at radius 1 is 1.19 bits per heavy atom. The molecule has 0 aromatic heterocycles. The summed E-state index contributed by atoms with van der Waals surface area (Å²) < 4.78 is 5.74. The lowest BCUT2D eigenvalue weighted by atomic mass is 10.1. The van der Waals surface area contributed by atoms with Crippen LogP contribution in [-0.4, -0.2) is 11.9 Å². The molecule has 0 radical (unpaired) electrons. The summed E-state index contributed by atoms with van der Waals surface area (Å²) in [6.45, 7) is 6.23. The third-order valence-electron chi connectivity index (χ3n) is 3.60. The van der Waals surface area contributed by atoms with Crippen molar-refractivity contribution in [2.45, 2.75) is 37.8 Å². The van der Waals surface area contributed by atoms with Gasteiger partial charge >= 0.3 is 0 Å². The van der Waals surface area contributed by atoms with E-state index in [9.17, 15) is 0 Å². The minimum absolute atomic E-state index is 0.210. The monoisotopic (exact) mass is 299 g/mol. The molecule has 2 aromatic carbocycles. The topological polar surface area (TPSA) is 21.3 Å². The summed E-state index contributed by atoms with van der Waals surface area (Å²) in [5, 5.41) is 3.67. The molecule has 1 heterocycles. The largest absolute Gasteiger partial charge is 0.491 e. The standard InChI is InChI=1S/C18H21NOS/c1-12(2)20-14-8-9-16(13(3)10-14)19-17-11-21-18-7-5-4-6-15(17)18/h4-10,12,17,19H,11H2,1-3H3. The van der Waals surface area contributed by atoms with E-state index in [4.69, 9.17) is 4.74 Å². The van der Waals surface area contributed by atoms with E-state index >= 15 is 0 Å². The fraction of sp³-hybridized carbons (Fsp3) is 0.333. The van der Waals surface area contributed by atoms with Crippen LogP contribution in [0.15, 0.2) is 47.4 Å². The van der Waals surface area contributed by atoms with Gasteiger partial charge in [0, 0.05) is 16.3 Å². The number of benzene rings is 2. The minimum atomic E-state index is 0.210. The molecule has 1 unspecified atom stereocenters. The fourth-order valence-corrected chi connectivity index (χ4v) is 3.77. The number of aryl methyl sites for hydroxylation is 1. The number of hydrogen-bond donors (Lipinski definition) is 1. The van der Waals surface area contributed by atoms with Crippen LogP contribution in [-0.2, 0) is 0 Å². The van der Waals surface area contributed by atoms with Crippen LogP contribution in [0.1, 0.15) is 31.0 Å². The Morgan fingerprint density at radius 2 is 2.00 bits per heavy atom. The highest BCUT2D eigenvalue weighted by Gasteiger charge is 2.22. The van der Waals surface area contributed by atoms with Crippen molar-refractivity contribution >= 4 is 17.4 Å². The Bertz CT molecular complexity index is 639. The van der Waals surface area contributed by atoms with E-state index in [0.29, 0.717) is 6.04 Å². The first-order valence-electron chi connectivity index (χ1n) is 7.39. The molecule has 0 fully saturated rings. The Hall–Kier alpha value is -1.61. The van der Waals surface area contributed by atoms with Crippen molar-refractivity contribution in [3.63, 3.8) is 0 Å². The van der Waals surface area contributed by atoms with Crippen molar-refractivity contribution in [2.24, 2.45) is 0 Å². The summed E-state index contributed by atoms with van der Waals surface area (Å²) in [6.07, 6.45) is 0.210. The molecule has 2 nitrogen and oxygen atoms in total. The average Bonchev–Trinajstić information content (AvgIpc) is 2.85. The Balaban J connectivity index is 1.77. The summed E-state index contributed by atoms with van der Waals surface area (Å²) in [7, 11) is 0. The lowest BCUT2D eigenvalue weighted by Crippen LogP contribution is -2.11. The van der Waals surface area contributed by atoms with E-state index < -0.39 is 0 Å². The van der Waals surface area contributed by atoms with Gasteiger partial charge in [-0.1, -0.05) is 18.2 Å². The zero-order chi connectivity index (χ0) is 14.8. The van der Waals surface area contributed by atoms with E-state index in [1.165, 1.54) is 21.7 Å². The first-order valence-corrected chi connectivity index (χ1v) is 8.37. The Labute approximate surface area is 130 Å². The Kier molecular flexibility index (Phi) is 4.11. The summed E-state index contributed by atoms with van der Waals surface area (Å²) in [4.78, 5) is 1.40. The van der Waals surface area contributed by atoms with Gasteiger partial charge in [0.15, 0.2) is 0 Å². The predicted octanol–water partition coefficient (Wildman–Crippen LogP) is 5.04. The average molecular weight is 299 g/mol. The molecule has 0 bridgehead atoms. The molecule has 110 valence electrons. The van der Waals surface area contributed by atoms with Crippen molar-refractivity contribution in [2.75, 3.05) is 11.1 Å². The molecule has 3 rings (SSSR count). The van der Waals surface area contributed by atoms with Gasteiger partial charge in [0.25, 0.3) is 0 Å². The third-order valence-corrected chi connectivity index (χ3v) is 4.78. The summed E-state index contributed by atoms with van der Waals surface area (Å²) in [5.74, 6) is 2.03. The fourth-order valence-electron chi connectivity index (χ4n) is 2.61. The molecule has 1 aliphatic rings. The highest BCUT2D eigenvalue weighted by molar-refractivity contribution is 7.99. The molecular weight excluding hydrogens is 278 g/mol. The van der Waals surface area contributed by atoms with E-state index in [-0.39, 0.29) is 6.10 Å². The van der Waals surface area contributed by atoms with Crippen LogP contribution < -0.4 is 10.1 Å². The molecule has 2 aromatic rings. The molecule has 0 spiro atoms. The molecule has 3 heteroatoms. The van der Waals surface area contributed by atoms with Crippen molar-refractivity contribution in [3.05, 3.63) is 53.6 Å². The van der Waals surface area contributed by atoms with Crippen LogP contribution in [0, 0.1) is 6.92 Å². The van der Waals surface area contributed by atoms with Crippen LogP contribution in [0.2, 0.25) is 0 Å². The zero-order valence-electron chi connectivity index (χ0n) is 12.7. The van der Waals surface area contributed by atoms with E-state index in [1.54, 1.807) is 0 Å². The SMILES string of the molecule is Cc1cc(OC(C)C)ccc1NC1CSc2ccccc21. The van der Waals surface area contributed by atoms with Crippen LogP contribution in [0.3, 0.4) is 0 Å². The highest BCUT2D eigenvalue weighted by Crippen LogP contribution is 2.40. The van der Waals surface area contributed by atoms with E-state index in [2.05, 4.69) is 48.6 Å². The zero-order valence-corrected chi connectivity index (χ0v) is 13.5. The number of hydrogen-bond acceptors (Lipinski definition) is 3. The van der Waals surface area contributed by atoms with E-state index in [0.717, 1.165) is 11.5 Å². The van der Waals surface area contributed by atoms with Gasteiger partial charge in [-0.2, -0.15) is 0 Å². The van der Waals surface area contributed by atoms with Gasteiger partial charge in [-0.3, -0.25) is 0 Å². The molecule has 0 saturated heterocycles. The molecule has 1 aliphatic heterocycles. The molecule has 1 N–H and O–H groups in total. The summed E-state index contributed by atoms with van der Waals surface area (Å²) in [5.41, 5.74) is 3.82. The van der Waals surface area contributed by atoms with Crippen LogP contribution >= 0.6 is 11.8 Å². The van der Waals surface area contributed by atoms with E-state index in [1.807, 2.05) is 31.7 Å². The second-order valence-corrected chi connectivity index (χ2v) is 6.75. The molecule has 1 atom stereocenters. The molecular formula is C18H21NOS. The maximum Gasteiger partial charge on any atom is 0.120 e. The van der Waals surface area contributed by atoms with Gasteiger partial charge in [0.1, 0.15) is 5.75 Å². The first-order chi connectivity index (χ1) is 10.1. The molecule has 21 heavy (non-hydrogen) atoms.